The zero-order valence-electron chi connectivity index (χ0n) is 16.4. The van der Waals surface area contributed by atoms with Gasteiger partial charge in [0.05, 0.1) is 31.7 Å². The lowest BCUT2D eigenvalue weighted by molar-refractivity contribution is -0.150. The molecule has 0 aromatic heterocycles. The van der Waals surface area contributed by atoms with Crippen LogP contribution in [0.5, 0.6) is 5.75 Å². The smallest absolute Gasteiger partial charge is 0.332 e. The van der Waals surface area contributed by atoms with Gasteiger partial charge in [-0.1, -0.05) is 43.7 Å². The van der Waals surface area contributed by atoms with Crippen molar-refractivity contribution in [1.82, 2.24) is 0 Å². The summed E-state index contributed by atoms with van der Waals surface area (Å²) in [7, 11) is 1.63. The molecule has 28 heavy (non-hydrogen) atoms. The number of benzene rings is 2. The van der Waals surface area contributed by atoms with Crippen molar-refractivity contribution < 1.29 is 24.1 Å². The highest BCUT2D eigenvalue weighted by Crippen LogP contribution is 2.38. The minimum absolute atomic E-state index is 0.0472. The second-order valence-electron chi connectivity index (χ2n) is 6.28. The molecule has 0 heterocycles. The van der Waals surface area contributed by atoms with Crippen molar-refractivity contribution in [2.75, 3.05) is 26.9 Å². The van der Waals surface area contributed by atoms with Crippen molar-refractivity contribution in [2.45, 2.75) is 36.0 Å². The molecule has 6 heteroatoms. The Labute approximate surface area is 171 Å². The Balaban J connectivity index is 1.95. The number of aliphatic hydroxyl groups is 1. The van der Waals surface area contributed by atoms with Crippen LogP contribution in [-0.2, 0) is 14.3 Å². The number of thioether (sulfide) groups is 1. The van der Waals surface area contributed by atoms with Crippen molar-refractivity contribution in [3.63, 3.8) is 0 Å². The summed E-state index contributed by atoms with van der Waals surface area (Å²) in [5, 5.41) is 10.5. The Morgan fingerprint density at radius 2 is 1.82 bits per heavy atom. The van der Waals surface area contributed by atoms with Crippen LogP contribution in [0.4, 0.5) is 0 Å². The number of rotatable bonds is 12. The Morgan fingerprint density at radius 3 is 2.46 bits per heavy atom. The standard InChI is InChI=1S/C22H28O5S/c1-3-4-14-27-21(24)16-26-15-20(23)22(17-8-6-5-7-9-17)28-19-12-10-18(25-2)11-13-19/h5-13,20,22-23H,3-4,14-16H2,1-2H3. The van der Waals surface area contributed by atoms with Gasteiger partial charge in [0, 0.05) is 4.90 Å². The Kier molecular flexibility index (Phi) is 9.90. The van der Waals surface area contributed by atoms with E-state index in [4.69, 9.17) is 14.2 Å². The van der Waals surface area contributed by atoms with E-state index in [1.54, 1.807) is 18.9 Å². The number of esters is 1. The molecule has 2 atom stereocenters. The third-order valence-electron chi connectivity index (χ3n) is 4.07. The van der Waals surface area contributed by atoms with Crippen LogP contribution in [0.1, 0.15) is 30.6 Å². The van der Waals surface area contributed by atoms with Crippen LogP contribution in [0.25, 0.3) is 0 Å². The first-order chi connectivity index (χ1) is 13.6. The first-order valence-electron chi connectivity index (χ1n) is 9.41. The molecule has 0 saturated heterocycles. The number of carbonyl (C=O) groups excluding carboxylic acids is 1. The van der Waals surface area contributed by atoms with E-state index < -0.39 is 12.1 Å². The van der Waals surface area contributed by atoms with Gasteiger partial charge in [-0.2, -0.15) is 0 Å². The summed E-state index contributed by atoms with van der Waals surface area (Å²) >= 11 is 1.54. The number of methoxy groups -OCH3 is 1. The van der Waals surface area contributed by atoms with Gasteiger partial charge in [-0.15, -0.1) is 11.8 Å². The van der Waals surface area contributed by atoms with Crippen LogP contribution in [0.3, 0.4) is 0 Å². The van der Waals surface area contributed by atoms with E-state index in [2.05, 4.69) is 0 Å². The molecule has 0 aliphatic carbocycles. The highest BCUT2D eigenvalue weighted by atomic mass is 32.2. The molecular weight excluding hydrogens is 376 g/mol. The van der Waals surface area contributed by atoms with Gasteiger partial charge in [0.15, 0.2) is 0 Å². The van der Waals surface area contributed by atoms with Gasteiger partial charge in [0.25, 0.3) is 0 Å². The fourth-order valence-corrected chi connectivity index (χ4v) is 3.65. The minimum atomic E-state index is -0.780. The number of aliphatic hydroxyl groups excluding tert-OH is 1. The molecule has 0 aliphatic heterocycles. The second kappa shape index (κ2) is 12.4. The monoisotopic (exact) mass is 404 g/mol. The molecule has 2 unspecified atom stereocenters. The first kappa shape index (κ1) is 22.3. The predicted octanol–water partition coefficient (Wildman–Crippen LogP) is 4.25. The number of hydrogen-bond donors (Lipinski definition) is 1. The fourth-order valence-electron chi connectivity index (χ4n) is 2.53. The van der Waals surface area contributed by atoms with Crippen LogP contribution >= 0.6 is 11.8 Å². The largest absolute Gasteiger partial charge is 0.497 e. The maximum Gasteiger partial charge on any atom is 0.332 e. The quantitative estimate of drug-likeness (QED) is 0.324. The molecule has 0 radical (unpaired) electrons. The molecule has 0 spiro atoms. The average Bonchev–Trinajstić information content (AvgIpc) is 2.73. The molecule has 0 bridgehead atoms. The van der Waals surface area contributed by atoms with Crippen molar-refractivity contribution in [2.24, 2.45) is 0 Å². The van der Waals surface area contributed by atoms with Gasteiger partial charge >= 0.3 is 5.97 Å². The molecule has 2 aromatic rings. The molecule has 2 rings (SSSR count). The molecule has 0 amide bonds. The zero-order valence-corrected chi connectivity index (χ0v) is 17.2. The van der Waals surface area contributed by atoms with E-state index >= 15 is 0 Å². The molecule has 5 nitrogen and oxygen atoms in total. The third-order valence-corrected chi connectivity index (χ3v) is 5.45. The molecule has 0 aliphatic rings. The highest BCUT2D eigenvalue weighted by Gasteiger charge is 2.23. The SMILES string of the molecule is CCCCOC(=O)COCC(O)C(Sc1ccc(OC)cc1)c1ccccc1. The van der Waals surface area contributed by atoms with Gasteiger partial charge in [-0.3, -0.25) is 0 Å². The van der Waals surface area contributed by atoms with Crippen LogP contribution in [0.2, 0.25) is 0 Å². The number of hydrogen-bond acceptors (Lipinski definition) is 6. The second-order valence-corrected chi connectivity index (χ2v) is 7.50. The summed E-state index contributed by atoms with van der Waals surface area (Å²) < 4.78 is 15.7. The van der Waals surface area contributed by atoms with Crippen LogP contribution < -0.4 is 4.74 Å². The van der Waals surface area contributed by atoms with Crippen molar-refractivity contribution in [3.8, 4) is 5.75 Å². The van der Waals surface area contributed by atoms with E-state index in [9.17, 15) is 9.90 Å². The lowest BCUT2D eigenvalue weighted by atomic mass is 10.1. The first-order valence-corrected chi connectivity index (χ1v) is 10.3. The van der Waals surface area contributed by atoms with E-state index in [-0.39, 0.29) is 18.5 Å². The van der Waals surface area contributed by atoms with Gasteiger partial charge in [-0.05, 0) is 36.2 Å². The highest BCUT2D eigenvalue weighted by molar-refractivity contribution is 7.99. The molecule has 0 fully saturated rings. The number of carbonyl (C=O) groups is 1. The molecule has 2 aromatic carbocycles. The summed E-state index contributed by atoms with van der Waals surface area (Å²) in [5.74, 6) is 0.380. The predicted molar refractivity (Wildman–Crippen MR) is 111 cm³/mol. The van der Waals surface area contributed by atoms with E-state index in [0.29, 0.717) is 6.61 Å². The van der Waals surface area contributed by atoms with Gasteiger partial charge < -0.3 is 19.3 Å². The Bertz CT molecular complexity index is 690. The average molecular weight is 405 g/mol. The maximum atomic E-state index is 11.6. The van der Waals surface area contributed by atoms with Crippen LogP contribution in [0.15, 0.2) is 59.5 Å². The van der Waals surface area contributed by atoms with Gasteiger partial charge in [0.2, 0.25) is 0 Å². The van der Waals surface area contributed by atoms with Gasteiger partial charge in [-0.25, -0.2) is 4.79 Å². The van der Waals surface area contributed by atoms with Crippen LogP contribution in [0, 0.1) is 0 Å². The van der Waals surface area contributed by atoms with E-state index in [0.717, 1.165) is 29.1 Å². The summed E-state index contributed by atoms with van der Waals surface area (Å²) in [6, 6.07) is 17.5. The maximum absolute atomic E-state index is 11.6. The topological polar surface area (TPSA) is 65.0 Å². The van der Waals surface area contributed by atoms with E-state index in [1.807, 2.05) is 61.5 Å². The summed E-state index contributed by atoms with van der Waals surface area (Å²) in [6.07, 6.45) is 1.02. The van der Waals surface area contributed by atoms with Crippen LogP contribution in [-0.4, -0.2) is 44.1 Å². The number of ether oxygens (including phenoxy) is 3. The Morgan fingerprint density at radius 1 is 1.11 bits per heavy atom. The molecule has 0 saturated carbocycles. The molecule has 152 valence electrons. The third kappa shape index (κ3) is 7.54. The Hall–Kier alpha value is -2.02. The summed E-state index contributed by atoms with van der Waals surface area (Å²) in [6.45, 7) is 2.33. The van der Waals surface area contributed by atoms with Crippen molar-refractivity contribution in [1.29, 1.82) is 0 Å². The normalized spacial score (nSPS) is 13.0. The van der Waals surface area contributed by atoms with Crippen molar-refractivity contribution in [3.05, 3.63) is 60.2 Å². The van der Waals surface area contributed by atoms with E-state index in [1.165, 1.54) is 0 Å². The summed E-state index contributed by atoms with van der Waals surface area (Å²) in [4.78, 5) is 12.7. The molecular formula is C22H28O5S. The summed E-state index contributed by atoms with van der Waals surface area (Å²) in [5.41, 5.74) is 0.991. The zero-order chi connectivity index (χ0) is 20.2. The lowest BCUT2D eigenvalue weighted by Crippen LogP contribution is -2.25. The number of unbranched alkanes of at least 4 members (excludes halogenated alkanes) is 1. The fraction of sp³-hybridized carbons (Fsp3) is 0.409. The minimum Gasteiger partial charge on any atom is -0.497 e. The van der Waals surface area contributed by atoms with Crippen molar-refractivity contribution >= 4 is 17.7 Å². The van der Waals surface area contributed by atoms with Gasteiger partial charge in [0.1, 0.15) is 12.4 Å². The lowest BCUT2D eigenvalue weighted by Gasteiger charge is -2.23. The molecule has 1 N–H and O–H groups in total.